The second-order valence-corrected chi connectivity index (χ2v) is 7.63. The molecule has 0 spiro atoms. The van der Waals surface area contributed by atoms with Crippen LogP contribution in [0.2, 0.25) is 0 Å². The number of nitro benzene ring substituents is 1. The molecule has 0 aliphatic heterocycles. The highest BCUT2D eigenvalue weighted by Crippen LogP contribution is 2.25. The summed E-state index contributed by atoms with van der Waals surface area (Å²) in [6.45, 7) is 4.33. The fourth-order valence-corrected chi connectivity index (χ4v) is 4.13. The summed E-state index contributed by atoms with van der Waals surface area (Å²) >= 11 is 0. The molecule has 1 unspecified atom stereocenters. The lowest BCUT2D eigenvalue weighted by Gasteiger charge is -2.30. The van der Waals surface area contributed by atoms with Crippen molar-refractivity contribution in [2.24, 2.45) is 0 Å². The number of rotatable bonds is 9. The number of aliphatic carboxylic acids is 1. The molecule has 26 heavy (non-hydrogen) atoms. The quantitative estimate of drug-likeness (QED) is 0.391. The number of nitrogens with zero attached hydrogens (tertiary/aromatic N) is 2. The van der Waals surface area contributed by atoms with Crippen molar-refractivity contribution in [3.05, 3.63) is 46.5 Å². The van der Waals surface area contributed by atoms with Gasteiger partial charge in [-0.05, 0) is 45.4 Å². The molecule has 1 aromatic rings. The van der Waals surface area contributed by atoms with Gasteiger partial charge >= 0.3 is 5.97 Å². The van der Waals surface area contributed by atoms with Gasteiger partial charge in [-0.1, -0.05) is 6.08 Å². The lowest BCUT2D eigenvalue weighted by molar-refractivity contribution is -0.384. The van der Waals surface area contributed by atoms with E-state index in [1.54, 1.807) is 0 Å². The van der Waals surface area contributed by atoms with Gasteiger partial charge in [0.15, 0.2) is 5.78 Å². The zero-order chi connectivity index (χ0) is 20.1. The summed E-state index contributed by atoms with van der Waals surface area (Å²) in [6.07, 6.45) is 2.29. The standard InChI is InChI=1S/C16H20N2O7S/c1-11(2)17(15(16(20)21)6-4-5-12(3)19)26(24,25)14-9-7-13(8-10-14)18(22)23/h4-5,7-11,15H,6H2,1-3H3,(H,20,21). The van der Waals surface area contributed by atoms with E-state index >= 15 is 0 Å². The zero-order valence-electron chi connectivity index (χ0n) is 14.5. The molecule has 1 atom stereocenters. The average molecular weight is 384 g/mol. The molecule has 0 aromatic heterocycles. The van der Waals surface area contributed by atoms with Crippen LogP contribution < -0.4 is 0 Å². The number of nitro groups is 1. The minimum atomic E-state index is -4.23. The van der Waals surface area contributed by atoms with Crippen LogP contribution in [0.15, 0.2) is 41.3 Å². The van der Waals surface area contributed by atoms with Crippen molar-refractivity contribution in [1.29, 1.82) is 0 Å². The SMILES string of the molecule is CC(=O)C=CCC(C(=O)O)N(C(C)C)S(=O)(=O)c1ccc([N+](=O)[O-])cc1. The number of sulfonamides is 1. The maximum absolute atomic E-state index is 12.9. The second kappa shape index (κ2) is 8.68. The van der Waals surface area contributed by atoms with Crippen LogP contribution >= 0.6 is 0 Å². The smallest absolute Gasteiger partial charge is 0.322 e. The number of non-ortho nitro benzene ring substituents is 1. The highest BCUT2D eigenvalue weighted by molar-refractivity contribution is 7.89. The fourth-order valence-electron chi connectivity index (χ4n) is 2.34. The molecule has 0 heterocycles. The number of ketones is 1. The van der Waals surface area contributed by atoms with Crippen LogP contribution in [0.5, 0.6) is 0 Å². The van der Waals surface area contributed by atoms with Crippen LogP contribution in [-0.2, 0) is 19.6 Å². The third-order valence-corrected chi connectivity index (χ3v) is 5.54. The molecular weight excluding hydrogens is 364 g/mol. The Bertz CT molecular complexity index is 814. The van der Waals surface area contributed by atoms with Crippen LogP contribution in [0.25, 0.3) is 0 Å². The van der Waals surface area contributed by atoms with Crippen LogP contribution in [0.3, 0.4) is 0 Å². The Balaban J connectivity index is 3.32. The summed E-state index contributed by atoms with van der Waals surface area (Å²) in [7, 11) is -4.23. The molecule has 0 amide bonds. The van der Waals surface area contributed by atoms with Gasteiger partial charge in [-0.2, -0.15) is 4.31 Å². The highest BCUT2D eigenvalue weighted by atomic mass is 32.2. The topological polar surface area (TPSA) is 135 Å². The number of hydrogen-bond donors (Lipinski definition) is 1. The van der Waals surface area contributed by atoms with E-state index in [1.165, 1.54) is 32.9 Å². The van der Waals surface area contributed by atoms with Gasteiger partial charge in [0.05, 0.1) is 9.82 Å². The van der Waals surface area contributed by atoms with Gasteiger partial charge in [0.1, 0.15) is 6.04 Å². The third-order valence-electron chi connectivity index (χ3n) is 3.44. The molecule has 0 fully saturated rings. The van der Waals surface area contributed by atoms with E-state index in [-0.39, 0.29) is 22.8 Å². The number of carbonyl (C=O) groups excluding carboxylic acids is 1. The van der Waals surface area contributed by atoms with E-state index in [4.69, 9.17) is 0 Å². The van der Waals surface area contributed by atoms with Crippen molar-refractivity contribution < 1.29 is 28.0 Å². The van der Waals surface area contributed by atoms with Gasteiger partial charge in [0.2, 0.25) is 10.0 Å². The first kappa shape index (κ1) is 21.5. The van der Waals surface area contributed by atoms with Crippen LogP contribution in [0.1, 0.15) is 27.2 Å². The second-order valence-electron chi connectivity index (χ2n) is 5.78. The van der Waals surface area contributed by atoms with Crippen LogP contribution in [0, 0.1) is 10.1 Å². The number of carbonyl (C=O) groups is 2. The maximum atomic E-state index is 12.9. The Morgan fingerprint density at radius 3 is 2.19 bits per heavy atom. The molecular formula is C16H20N2O7S. The number of carboxylic acids is 1. The van der Waals surface area contributed by atoms with Crippen molar-refractivity contribution in [3.8, 4) is 0 Å². The molecule has 0 saturated heterocycles. The minimum Gasteiger partial charge on any atom is -0.480 e. The average Bonchev–Trinajstić information content (AvgIpc) is 2.52. The summed E-state index contributed by atoms with van der Waals surface area (Å²) in [5, 5.41) is 20.2. The first-order valence-corrected chi connectivity index (χ1v) is 9.10. The number of carboxylic acid groups (broad SMARTS) is 1. The van der Waals surface area contributed by atoms with Crippen molar-refractivity contribution >= 4 is 27.5 Å². The predicted molar refractivity (Wildman–Crippen MR) is 93.1 cm³/mol. The van der Waals surface area contributed by atoms with Crippen molar-refractivity contribution in [2.45, 2.75) is 44.2 Å². The summed E-state index contributed by atoms with van der Waals surface area (Å²) < 4.78 is 26.6. The molecule has 10 heteroatoms. The van der Waals surface area contributed by atoms with Gasteiger partial charge in [-0.3, -0.25) is 19.7 Å². The number of benzene rings is 1. The summed E-state index contributed by atoms with van der Waals surface area (Å²) in [6, 6.07) is 2.08. The van der Waals surface area contributed by atoms with E-state index in [0.717, 1.165) is 28.6 Å². The molecule has 0 radical (unpaired) electrons. The summed E-state index contributed by atoms with van der Waals surface area (Å²) in [5.74, 6) is -1.65. The van der Waals surface area contributed by atoms with Gasteiger partial charge in [0.25, 0.3) is 5.69 Å². The number of hydrogen-bond acceptors (Lipinski definition) is 6. The fraction of sp³-hybridized carbons (Fsp3) is 0.375. The van der Waals surface area contributed by atoms with Crippen LogP contribution in [0.4, 0.5) is 5.69 Å². The van der Waals surface area contributed by atoms with Gasteiger partial charge in [-0.15, -0.1) is 0 Å². The van der Waals surface area contributed by atoms with Gasteiger partial charge in [0, 0.05) is 18.2 Å². The largest absolute Gasteiger partial charge is 0.480 e. The molecule has 0 aliphatic rings. The van der Waals surface area contributed by atoms with E-state index in [2.05, 4.69) is 0 Å². The first-order chi connectivity index (χ1) is 12.0. The lowest BCUT2D eigenvalue weighted by Crippen LogP contribution is -2.48. The normalized spacial score (nSPS) is 13.3. The molecule has 142 valence electrons. The lowest BCUT2D eigenvalue weighted by atomic mass is 10.1. The van der Waals surface area contributed by atoms with Crippen molar-refractivity contribution in [2.75, 3.05) is 0 Å². The Hall–Kier alpha value is -2.59. The Morgan fingerprint density at radius 2 is 1.81 bits per heavy atom. The molecule has 0 bridgehead atoms. The Labute approximate surface area is 151 Å². The highest BCUT2D eigenvalue weighted by Gasteiger charge is 2.37. The molecule has 1 aromatic carbocycles. The molecule has 0 saturated carbocycles. The Morgan fingerprint density at radius 1 is 1.27 bits per heavy atom. The van der Waals surface area contributed by atoms with E-state index < -0.39 is 33.0 Å². The van der Waals surface area contributed by atoms with Crippen molar-refractivity contribution in [1.82, 2.24) is 4.31 Å². The maximum Gasteiger partial charge on any atom is 0.322 e. The number of allylic oxidation sites excluding steroid dienone is 1. The van der Waals surface area contributed by atoms with E-state index in [1.807, 2.05) is 0 Å². The van der Waals surface area contributed by atoms with Gasteiger partial charge < -0.3 is 5.11 Å². The molecule has 0 aliphatic carbocycles. The predicted octanol–water partition coefficient (Wildman–Crippen LogP) is 1.98. The van der Waals surface area contributed by atoms with E-state index in [9.17, 15) is 33.2 Å². The summed E-state index contributed by atoms with van der Waals surface area (Å²) in [5.41, 5.74) is -0.278. The zero-order valence-corrected chi connectivity index (χ0v) is 15.3. The molecule has 9 nitrogen and oxygen atoms in total. The monoisotopic (exact) mass is 384 g/mol. The van der Waals surface area contributed by atoms with Crippen molar-refractivity contribution in [3.63, 3.8) is 0 Å². The Kier molecular flexibility index (Phi) is 7.16. The van der Waals surface area contributed by atoms with E-state index in [0.29, 0.717) is 0 Å². The molecule has 1 N–H and O–H groups in total. The summed E-state index contributed by atoms with van der Waals surface area (Å²) in [4.78, 5) is 32.4. The third kappa shape index (κ3) is 5.20. The molecule has 1 rings (SSSR count). The first-order valence-electron chi connectivity index (χ1n) is 7.66. The van der Waals surface area contributed by atoms with Crippen LogP contribution in [-0.4, -0.2) is 46.6 Å². The minimum absolute atomic E-state index is 0.195. The van der Waals surface area contributed by atoms with Gasteiger partial charge in [-0.25, -0.2) is 8.42 Å².